The van der Waals surface area contributed by atoms with Crippen LogP contribution in [0.25, 0.3) is 22.0 Å². The van der Waals surface area contributed by atoms with Crippen LogP contribution in [0.1, 0.15) is 5.56 Å². The molecule has 26 heavy (non-hydrogen) atoms. The summed E-state index contributed by atoms with van der Waals surface area (Å²) in [6.07, 6.45) is 5.98. The van der Waals surface area contributed by atoms with Crippen molar-refractivity contribution in [1.82, 2.24) is 15.0 Å². The molecule has 128 valence electrons. The van der Waals surface area contributed by atoms with Crippen molar-refractivity contribution in [3.8, 4) is 11.1 Å². The third-order valence-corrected chi connectivity index (χ3v) is 4.28. The summed E-state index contributed by atoms with van der Waals surface area (Å²) in [7, 11) is 0. The number of nitrogen functional groups attached to an aromatic ring is 1. The van der Waals surface area contributed by atoms with E-state index in [0.717, 1.165) is 40.8 Å². The van der Waals surface area contributed by atoms with Gasteiger partial charge in [0.25, 0.3) is 0 Å². The van der Waals surface area contributed by atoms with E-state index in [1.165, 1.54) is 5.56 Å². The maximum atomic E-state index is 5.86. The number of anilines is 2. The topological polar surface area (TPSA) is 76.7 Å². The Hall–Kier alpha value is -3.47. The van der Waals surface area contributed by atoms with Gasteiger partial charge in [0.15, 0.2) is 0 Å². The van der Waals surface area contributed by atoms with E-state index < -0.39 is 0 Å². The summed E-state index contributed by atoms with van der Waals surface area (Å²) in [4.78, 5) is 13.0. The standard InChI is InChI=1S/C21H19N5/c22-18-10-17(12-23-13-18)16-6-7-20-19(11-16)21(26-14-25-20)24-9-8-15-4-2-1-3-5-15/h1-7,10-14H,8-9,22H2,(H,24,25,26). The molecule has 2 heterocycles. The summed E-state index contributed by atoms with van der Waals surface area (Å²) in [6, 6.07) is 18.4. The minimum Gasteiger partial charge on any atom is -0.397 e. The van der Waals surface area contributed by atoms with Crippen molar-refractivity contribution in [2.45, 2.75) is 6.42 Å². The summed E-state index contributed by atoms with van der Waals surface area (Å²) in [5, 5.41) is 4.42. The molecule has 0 saturated carbocycles. The quantitative estimate of drug-likeness (QED) is 0.575. The Morgan fingerprint density at radius 2 is 1.77 bits per heavy atom. The van der Waals surface area contributed by atoms with E-state index in [1.54, 1.807) is 12.5 Å². The van der Waals surface area contributed by atoms with Crippen LogP contribution in [0.15, 0.2) is 73.3 Å². The van der Waals surface area contributed by atoms with Crippen molar-refractivity contribution in [1.29, 1.82) is 0 Å². The number of hydrogen-bond acceptors (Lipinski definition) is 5. The van der Waals surface area contributed by atoms with Crippen molar-refractivity contribution in [3.05, 3.63) is 78.9 Å². The highest BCUT2D eigenvalue weighted by Gasteiger charge is 2.07. The van der Waals surface area contributed by atoms with E-state index in [9.17, 15) is 0 Å². The van der Waals surface area contributed by atoms with Crippen molar-refractivity contribution in [2.24, 2.45) is 0 Å². The highest BCUT2D eigenvalue weighted by molar-refractivity contribution is 5.92. The molecule has 4 rings (SSSR count). The molecule has 3 N–H and O–H groups in total. The third-order valence-electron chi connectivity index (χ3n) is 4.28. The van der Waals surface area contributed by atoms with Gasteiger partial charge >= 0.3 is 0 Å². The van der Waals surface area contributed by atoms with Crippen molar-refractivity contribution >= 4 is 22.4 Å². The van der Waals surface area contributed by atoms with Crippen LogP contribution in [-0.2, 0) is 6.42 Å². The normalized spacial score (nSPS) is 10.8. The molecule has 2 aromatic heterocycles. The Morgan fingerprint density at radius 3 is 2.62 bits per heavy atom. The van der Waals surface area contributed by atoms with Gasteiger partial charge in [0.05, 0.1) is 11.2 Å². The fraction of sp³-hybridized carbons (Fsp3) is 0.0952. The van der Waals surface area contributed by atoms with Gasteiger partial charge in [-0.25, -0.2) is 9.97 Å². The van der Waals surface area contributed by atoms with E-state index in [2.05, 4.69) is 50.6 Å². The lowest BCUT2D eigenvalue weighted by Crippen LogP contribution is -2.07. The highest BCUT2D eigenvalue weighted by Crippen LogP contribution is 2.27. The zero-order valence-electron chi connectivity index (χ0n) is 14.3. The smallest absolute Gasteiger partial charge is 0.137 e. The second-order valence-corrected chi connectivity index (χ2v) is 6.12. The number of aromatic nitrogens is 3. The molecule has 0 aliphatic carbocycles. The lowest BCUT2D eigenvalue weighted by Gasteiger charge is -2.10. The molecule has 0 unspecified atom stereocenters. The first kappa shape index (κ1) is 16.0. The molecule has 5 heteroatoms. The predicted molar refractivity (Wildman–Crippen MR) is 106 cm³/mol. The van der Waals surface area contributed by atoms with Gasteiger partial charge in [0.2, 0.25) is 0 Å². The minimum atomic E-state index is 0.646. The van der Waals surface area contributed by atoms with Gasteiger partial charge in [0, 0.05) is 29.9 Å². The summed E-state index contributed by atoms with van der Waals surface area (Å²) >= 11 is 0. The number of nitrogens with zero attached hydrogens (tertiary/aromatic N) is 3. The van der Waals surface area contributed by atoms with E-state index in [-0.39, 0.29) is 0 Å². The monoisotopic (exact) mass is 341 g/mol. The zero-order valence-corrected chi connectivity index (χ0v) is 14.3. The largest absolute Gasteiger partial charge is 0.397 e. The van der Waals surface area contributed by atoms with Crippen LogP contribution in [0.2, 0.25) is 0 Å². The Bertz CT molecular complexity index is 1030. The van der Waals surface area contributed by atoms with Crippen LogP contribution in [0.4, 0.5) is 11.5 Å². The molecule has 0 aliphatic rings. The highest BCUT2D eigenvalue weighted by atomic mass is 15.0. The molecule has 0 atom stereocenters. The summed E-state index contributed by atoms with van der Waals surface area (Å²) in [6.45, 7) is 0.806. The molecule has 0 radical (unpaired) electrons. The first-order valence-electron chi connectivity index (χ1n) is 8.53. The summed E-state index contributed by atoms with van der Waals surface area (Å²) < 4.78 is 0. The average Bonchev–Trinajstić information content (AvgIpc) is 2.69. The van der Waals surface area contributed by atoms with Gasteiger partial charge in [-0.3, -0.25) is 4.98 Å². The molecule has 0 saturated heterocycles. The Kier molecular flexibility index (Phi) is 4.43. The maximum absolute atomic E-state index is 5.86. The van der Waals surface area contributed by atoms with Gasteiger partial charge in [0.1, 0.15) is 12.1 Å². The second-order valence-electron chi connectivity index (χ2n) is 6.12. The Labute approximate surface area is 152 Å². The first-order valence-corrected chi connectivity index (χ1v) is 8.53. The fourth-order valence-electron chi connectivity index (χ4n) is 2.96. The number of rotatable bonds is 5. The lowest BCUT2D eigenvalue weighted by atomic mass is 10.0. The van der Waals surface area contributed by atoms with Crippen LogP contribution in [-0.4, -0.2) is 21.5 Å². The van der Waals surface area contributed by atoms with Crippen LogP contribution < -0.4 is 11.1 Å². The molecule has 5 nitrogen and oxygen atoms in total. The number of nitrogens with two attached hydrogens (primary N) is 1. The zero-order chi connectivity index (χ0) is 17.8. The molecule has 0 aliphatic heterocycles. The maximum Gasteiger partial charge on any atom is 0.137 e. The number of benzene rings is 2. The summed E-state index contributed by atoms with van der Waals surface area (Å²) in [5.74, 6) is 0.838. The minimum absolute atomic E-state index is 0.646. The Morgan fingerprint density at radius 1 is 0.885 bits per heavy atom. The second kappa shape index (κ2) is 7.19. The van der Waals surface area contributed by atoms with Gasteiger partial charge in [-0.15, -0.1) is 0 Å². The van der Waals surface area contributed by atoms with E-state index in [1.807, 2.05) is 30.5 Å². The van der Waals surface area contributed by atoms with Crippen LogP contribution >= 0.6 is 0 Å². The molecule has 0 bridgehead atoms. The molecular weight excluding hydrogens is 322 g/mol. The molecule has 0 fully saturated rings. The predicted octanol–water partition coefficient (Wildman–Crippen LogP) is 3.93. The number of nitrogens with one attached hydrogen (secondary N) is 1. The van der Waals surface area contributed by atoms with Crippen molar-refractivity contribution in [2.75, 3.05) is 17.6 Å². The number of fused-ring (bicyclic) bond motifs is 1. The van der Waals surface area contributed by atoms with Crippen molar-refractivity contribution < 1.29 is 0 Å². The lowest BCUT2D eigenvalue weighted by molar-refractivity contribution is 1.01. The number of hydrogen-bond donors (Lipinski definition) is 2. The molecule has 0 amide bonds. The van der Waals surface area contributed by atoms with Gasteiger partial charge < -0.3 is 11.1 Å². The van der Waals surface area contributed by atoms with E-state index in [0.29, 0.717) is 5.69 Å². The third kappa shape index (κ3) is 3.47. The first-order chi connectivity index (χ1) is 12.8. The summed E-state index contributed by atoms with van der Waals surface area (Å²) in [5.41, 5.74) is 10.7. The van der Waals surface area contributed by atoms with Crippen LogP contribution in [0.3, 0.4) is 0 Å². The van der Waals surface area contributed by atoms with E-state index in [4.69, 9.17) is 5.73 Å². The van der Waals surface area contributed by atoms with E-state index >= 15 is 0 Å². The van der Waals surface area contributed by atoms with Crippen molar-refractivity contribution in [3.63, 3.8) is 0 Å². The molecule has 0 spiro atoms. The van der Waals surface area contributed by atoms with Gasteiger partial charge in [-0.1, -0.05) is 36.4 Å². The molecular formula is C21H19N5. The van der Waals surface area contributed by atoms with Gasteiger partial charge in [-0.2, -0.15) is 0 Å². The number of pyridine rings is 1. The molecule has 2 aromatic carbocycles. The van der Waals surface area contributed by atoms with Gasteiger partial charge in [-0.05, 0) is 35.7 Å². The fourth-order valence-corrected chi connectivity index (χ4v) is 2.96. The van der Waals surface area contributed by atoms with Crippen LogP contribution in [0.5, 0.6) is 0 Å². The Balaban J connectivity index is 1.61. The average molecular weight is 341 g/mol. The van der Waals surface area contributed by atoms with Crippen LogP contribution in [0, 0.1) is 0 Å². The molecule has 4 aromatic rings. The SMILES string of the molecule is Nc1cncc(-c2ccc3ncnc(NCCc4ccccc4)c3c2)c1.